The van der Waals surface area contributed by atoms with E-state index in [1.165, 1.54) is 5.70 Å². The van der Waals surface area contributed by atoms with Crippen molar-refractivity contribution in [3.8, 4) is 0 Å². The molecule has 76 valence electrons. The molecule has 1 rings (SSSR count). The van der Waals surface area contributed by atoms with E-state index in [0.29, 0.717) is 0 Å². The Balaban J connectivity index is 0.000000252. The van der Waals surface area contributed by atoms with Crippen molar-refractivity contribution in [2.75, 3.05) is 13.6 Å². The molecule has 6 heteroatoms. The summed E-state index contributed by atoms with van der Waals surface area (Å²) in [4.78, 5) is 2.21. The predicted octanol–water partition coefficient (Wildman–Crippen LogP) is -2.73. The molecule has 0 atom stereocenters. The minimum Gasteiger partial charge on any atom is -0.374 e. The summed E-state index contributed by atoms with van der Waals surface area (Å²) in [6.07, 6.45) is 6.35. The molecule has 1 aliphatic heterocycles. The predicted molar refractivity (Wildman–Crippen MR) is 37.7 cm³/mol. The van der Waals surface area contributed by atoms with Crippen LogP contribution in [0.15, 0.2) is 23.9 Å². The van der Waals surface area contributed by atoms with E-state index in [9.17, 15) is 0 Å². The maximum Gasteiger partial charge on any atom is 0.0777 e. The van der Waals surface area contributed by atoms with Gasteiger partial charge in [0.2, 0.25) is 0 Å². The summed E-state index contributed by atoms with van der Waals surface area (Å²) in [5.41, 5.74) is 1.34. The number of likely N-dealkylation sites (N-methyl/N-ethyl adjacent to an activating group) is 1. The smallest absolute Gasteiger partial charge is 0.0777 e. The van der Waals surface area contributed by atoms with E-state index < -0.39 is 10.2 Å². The number of halogens is 1. The fraction of sp³-hybridized carbons (Fsp3) is 0.429. The lowest BCUT2D eigenvalue weighted by Crippen LogP contribution is -2.58. The molecule has 0 spiro atoms. The van der Waals surface area contributed by atoms with Gasteiger partial charge in [0.25, 0.3) is 0 Å². The second-order valence-corrected chi connectivity index (χ2v) is 3.30. The maximum atomic E-state index is 8.60. The molecule has 0 aliphatic carbocycles. The lowest BCUT2D eigenvalue weighted by Gasteiger charge is -2.19. The van der Waals surface area contributed by atoms with Crippen LogP contribution in [-0.2, 0) is 0 Å². The highest BCUT2D eigenvalue weighted by Crippen LogP contribution is 2.03. The van der Waals surface area contributed by atoms with Gasteiger partial charge < -0.3 is 4.90 Å². The van der Waals surface area contributed by atoms with Crippen LogP contribution in [0, 0.1) is 10.2 Å². The third kappa shape index (κ3) is 9.32. The molecular weight excluding hydrogens is 198 g/mol. The van der Waals surface area contributed by atoms with Crippen LogP contribution < -0.4 is 14.0 Å². The standard InChI is InChI=1S/C7H11N.ClHO4/c1-7-5-3-4-6-8(7)2;2-1(3,4)5/h3-5H,6H2,1-2H3;(H,2,3,4,5). The van der Waals surface area contributed by atoms with Crippen LogP contribution in [0.5, 0.6) is 0 Å². The third-order valence-electron chi connectivity index (χ3n) is 1.45. The molecular formula is C7H12ClNO4. The zero-order valence-corrected chi connectivity index (χ0v) is 8.19. The van der Waals surface area contributed by atoms with Crippen molar-refractivity contribution in [3.05, 3.63) is 23.9 Å². The van der Waals surface area contributed by atoms with E-state index in [1.54, 1.807) is 0 Å². The van der Waals surface area contributed by atoms with Gasteiger partial charge in [0.1, 0.15) is 0 Å². The number of rotatable bonds is 0. The van der Waals surface area contributed by atoms with Gasteiger partial charge in [-0.1, -0.05) is 12.2 Å². The number of hydrogen-bond acceptors (Lipinski definition) is 5. The summed E-state index contributed by atoms with van der Waals surface area (Å²) >= 11 is 0. The van der Waals surface area contributed by atoms with Crippen molar-refractivity contribution in [2.45, 2.75) is 6.92 Å². The molecule has 0 unspecified atom stereocenters. The molecule has 0 saturated heterocycles. The van der Waals surface area contributed by atoms with E-state index >= 15 is 0 Å². The van der Waals surface area contributed by atoms with Crippen molar-refractivity contribution >= 4 is 0 Å². The fourth-order valence-electron chi connectivity index (χ4n) is 0.698. The van der Waals surface area contributed by atoms with Gasteiger partial charge in [0, 0.05) is 19.3 Å². The molecule has 5 nitrogen and oxygen atoms in total. The second-order valence-electron chi connectivity index (χ2n) is 2.51. The molecule has 1 N–H and O–H groups in total. The molecule has 0 aromatic carbocycles. The molecule has 0 aromatic heterocycles. The third-order valence-corrected chi connectivity index (χ3v) is 1.45. The minimum absolute atomic E-state index is 1.06. The molecule has 1 heterocycles. The summed E-state index contributed by atoms with van der Waals surface area (Å²) < 4.78 is 32.7. The summed E-state index contributed by atoms with van der Waals surface area (Å²) in [5.74, 6) is 0. The van der Waals surface area contributed by atoms with Crippen LogP contribution in [0.25, 0.3) is 0 Å². The van der Waals surface area contributed by atoms with Gasteiger partial charge in [0.15, 0.2) is 0 Å². The van der Waals surface area contributed by atoms with Crippen LogP contribution >= 0.6 is 0 Å². The van der Waals surface area contributed by atoms with Gasteiger partial charge in [-0.15, -0.1) is 0 Å². The number of nitrogens with zero attached hydrogens (tertiary/aromatic N) is 1. The zero-order chi connectivity index (χ0) is 10.5. The van der Waals surface area contributed by atoms with Crippen LogP contribution in [0.3, 0.4) is 0 Å². The van der Waals surface area contributed by atoms with Crippen molar-refractivity contribution in [2.24, 2.45) is 0 Å². The summed E-state index contributed by atoms with van der Waals surface area (Å²) in [6, 6.07) is 0. The van der Waals surface area contributed by atoms with Gasteiger partial charge in [-0.25, -0.2) is 0 Å². The van der Waals surface area contributed by atoms with Crippen LogP contribution in [0.1, 0.15) is 6.92 Å². The van der Waals surface area contributed by atoms with Gasteiger partial charge in [-0.05, 0) is 13.0 Å². The summed E-state index contributed by atoms with van der Waals surface area (Å²) in [5, 5.41) is 0. The lowest BCUT2D eigenvalue weighted by atomic mass is 10.3. The first-order valence-corrected chi connectivity index (χ1v) is 4.75. The lowest BCUT2D eigenvalue weighted by molar-refractivity contribution is -1.92. The average Bonchev–Trinajstić information content (AvgIpc) is 1.92. The highest BCUT2D eigenvalue weighted by molar-refractivity contribution is 5.14. The van der Waals surface area contributed by atoms with E-state index in [1.807, 2.05) is 0 Å². The van der Waals surface area contributed by atoms with E-state index in [2.05, 4.69) is 37.1 Å². The molecule has 0 saturated carbocycles. The average molecular weight is 210 g/mol. The first-order valence-electron chi connectivity index (χ1n) is 3.48. The Hall–Kier alpha value is -0.590. The zero-order valence-electron chi connectivity index (χ0n) is 7.44. The highest BCUT2D eigenvalue weighted by atomic mass is 35.7. The van der Waals surface area contributed by atoms with E-state index in [4.69, 9.17) is 18.6 Å². The highest BCUT2D eigenvalue weighted by Gasteiger charge is 1.98. The van der Waals surface area contributed by atoms with Crippen LogP contribution in [-0.4, -0.2) is 23.2 Å². The SMILES string of the molecule is CC1=CC=CCN1C.[O-][Cl+3]([O-])([O-])O. The Morgan fingerprint density at radius 1 is 1.46 bits per heavy atom. The van der Waals surface area contributed by atoms with Crippen molar-refractivity contribution < 1.29 is 28.9 Å². The van der Waals surface area contributed by atoms with Crippen LogP contribution in [0.2, 0.25) is 0 Å². The Morgan fingerprint density at radius 2 is 1.92 bits per heavy atom. The fourth-order valence-corrected chi connectivity index (χ4v) is 0.698. The molecule has 0 fully saturated rings. The Kier molecular flexibility index (Phi) is 4.97. The van der Waals surface area contributed by atoms with Crippen molar-refractivity contribution in [3.63, 3.8) is 0 Å². The molecule has 13 heavy (non-hydrogen) atoms. The second kappa shape index (κ2) is 5.21. The molecule has 0 amide bonds. The van der Waals surface area contributed by atoms with Gasteiger partial charge in [-0.2, -0.15) is 14.0 Å². The quantitative estimate of drug-likeness (QED) is 0.468. The summed E-state index contributed by atoms with van der Waals surface area (Å²) in [6.45, 7) is 3.17. The normalized spacial score (nSPS) is 16.2. The largest absolute Gasteiger partial charge is 0.374 e. The Bertz CT molecular complexity index is 203. The first kappa shape index (κ1) is 12.4. The molecule has 0 radical (unpaired) electrons. The molecule has 1 aliphatic rings. The van der Waals surface area contributed by atoms with Gasteiger partial charge >= 0.3 is 0 Å². The van der Waals surface area contributed by atoms with Gasteiger partial charge in [-0.3, -0.25) is 0 Å². The topological polar surface area (TPSA) is 92.7 Å². The van der Waals surface area contributed by atoms with Crippen LogP contribution in [0.4, 0.5) is 0 Å². The Labute approximate surface area is 78.9 Å². The monoisotopic (exact) mass is 209 g/mol. The van der Waals surface area contributed by atoms with Crippen molar-refractivity contribution in [1.82, 2.24) is 4.90 Å². The first-order chi connectivity index (χ1) is 5.80. The number of hydrogen-bond donors (Lipinski definition) is 1. The maximum absolute atomic E-state index is 8.60. The number of allylic oxidation sites excluding steroid dienone is 3. The minimum atomic E-state index is -4.69. The summed E-state index contributed by atoms with van der Waals surface area (Å²) in [7, 11) is -2.60. The van der Waals surface area contributed by atoms with Crippen molar-refractivity contribution in [1.29, 1.82) is 0 Å². The van der Waals surface area contributed by atoms with Gasteiger partial charge in [0.05, 0.1) is 14.9 Å². The Morgan fingerprint density at radius 3 is 2.15 bits per heavy atom. The molecule has 0 bridgehead atoms. The van der Waals surface area contributed by atoms with E-state index in [-0.39, 0.29) is 0 Å². The molecule has 0 aromatic rings. The van der Waals surface area contributed by atoms with E-state index in [0.717, 1.165) is 6.54 Å².